The van der Waals surface area contributed by atoms with E-state index in [0.717, 1.165) is 54.9 Å². The molecule has 9 rings (SSSR count). The van der Waals surface area contributed by atoms with Crippen LogP contribution in [-0.4, -0.2) is 0 Å². The van der Waals surface area contributed by atoms with Gasteiger partial charge in [-0.15, -0.1) is 0 Å². The molecule has 1 heterocycles. The Labute approximate surface area is 305 Å². The molecule has 0 radical (unpaired) electrons. The summed E-state index contributed by atoms with van der Waals surface area (Å²) >= 11 is 0. The van der Waals surface area contributed by atoms with Gasteiger partial charge in [-0.2, -0.15) is 0 Å². The first-order valence-corrected chi connectivity index (χ1v) is 17.6. The summed E-state index contributed by atoms with van der Waals surface area (Å²) in [7, 11) is -4.91. The second-order valence-corrected chi connectivity index (χ2v) is 13.5. The van der Waals surface area contributed by atoms with Crippen molar-refractivity contribution in [3.63, 3.8) is 0 Å². The summed E-state index contributed by atoms with van der Waals surface area (Å²) in [6.07, 6.45) is 0. The molecular formula is C44H28AgO4P. The summed E-state index contributed by atoms with van der Waals surface area (Å²) in [6, 6.07) is 56.7. The summed E-state index contributed by atoms with van der Waals surface area (Å²) in [5.74, 6) is 0.509. The number of rotatable bonds is 4. The molecule has 0 N–H and O–H groups in total. The van der Waals surface area contributed by atoms with Gasteiger partial charge in [-0.1, -0.05) is 158 Å². The fourth-order valence-electron chi connectivity index (χ4n) is 6.96. The summed E-state index contributed by atoms with van der Waals surface area (Å²) in [4.78, 5) is 13.9. The van der Waals surface area contributed by atoms with E-state index in [-0.39, 0.29) is 33.9 Å². The summed E-state index contributed by atoms with van der Waals surface area (Å²) < 4.78 is 26.0. The largest absolute Gasteiger partial charge is 1.00 e. The van der Waals surface area contributed by atoms with Gasteiger partial charge in [0.05, 0.1) is 0 Å². The monoisotopic (exact) mass is 758 g/mol. The van der Waals surface area contributed by atoms with E-state index in [0.29, 0.717) is 22.3 Å². The van der Waals surface area contributed by atoms with Crippen LogP contribution >= 0.6 is 7.82 Å². The minimum Gasteiger partial charge on any atom is -0.736 e. The molecule has 0 unspecified atom stereocenters. The number of phosphoric acid groups is 1. The van der Waals surface area contributed by atoms with Crippen LogP contribution in [0.15, 0.2) is 170 Å². The van der Waals surface area contributed by atoms with E-state index in [2.05, 4.69) is 48.5 Å². The number of hydrogen-bond acceptors (Lipinski definition) is 4. The Bertz CT molecular complexity index is 2390. The van der Waals surface area contributed by atoms with Crippen LogP contribution < -0.4 is 13.9 Å². The van der Waals surface area contributed by atoms with Crippen molar-refractivity contribution in [2.75, 3.05) is 0 Å². The number of phosphoric ester groups is 1. The van der Waals surface area contributed by atoms with Crippen LogP contribution in [-0.2, 0) is 26.9 Å². The van der Waals surface area contributed by atoms with Crippen LogP contribution in [0.5, 0.6) is 11.5 Å². The fourth-order valence-corrected chi connectivity index (χ4v) is 7.82. The Balaban J connectivity index is 0.00000361. The zero-order valence-corrected chi connectivity index (χ0v) is 28.9. The maximum atomic E-state index is 13.9. The molecule has 0 saturated heterocycles. The fraction of sp³-hybridized carbons (Fsp3) is 0. The normalized spacial score (nSPS) is 12.9. The van der Waals surface area contributed by atoms with Crippen molar-refractivity contribution in [3.05, 3.63) is 170 Å². The van der Waals surface area contributed by atoms with Gasteiger partial charge in [-0.3, -0.25) is 0 Å². The number of hydrogen-bond donors (Lipinski definition) is 0. The standard InChI is InChI=1S/C44H29O4P.Ag/c45-49(46)47-43-39(33-23-19-31(20-24-33)29-11-3-1-4-12-29)27-35-15-7-9-17-37(35)41(43)42-38-18-10-8-16-36(38)28-40(44(42)48-49)34-25-21-32(22-26-34)30-13-5-2-6-14-30;/h1-28H,(H,45,46);/q;+1/p-1. The Morgan fingerprint density at radius 1 is 0.400 bits per heavy atom. The molecule has 0 spiro atoms. The van der Waals surface area contributed by atoms with Gasteiger partial charge in [0, 0.05) is 22.3 Å². The summed E-state index contributed by atoms with van der Waals surface area (Å²) in [5, 5.41) is 3.66. The van der Waals surface area contributed by atoms with Crippen molar-refractivity contribution in [1.29, 1.82) is 0 Å². The zero-order valence-electron chi connectivity index (χ0n) is 26.5. The Morgan fingerprint density at radius 2 is 0.720 bits per heavy atom. The van der Waals surface area contributed by atoms with Crippen molar-refractivity contribution < 1.29 is 40.9 Å². The minimum atomic E-state index is -4.91. The van der Waals surface area contributed by atoms with Crippen LogP contribution in [0.25, 0.3) is 77.2 Å². The molecule has 1 aliphatic rings. The number of benzene rings is 8. The minimum absolute atomic E-state index is 0. The third-order valence-corrected chi connectivity index (χ3v) is 10.1. The molecule has 0 bridgehead atoms. The molecule has 0 aliphatic carbocycles. The molecule has 0 fully saturated rings. The first-order valence-electron chi connectivity index (χ1n) is 16.2. The molecule has 0 aromatic heterocycles. The van der Waals surface area contributed by atoms with Gasteiger partial charge in [-0.05, 0) is 67.1 Å². The van der Waals surface area contributed by atoms with Crippen LogP contribution in [0, 0.1) is 0 Å². The van der Waals surface area contributed by atoms with Crippen molar-refractivity contribution in [2.24, 2.45) is 0 Å². The van der Waals surface area contributed by atoms with Crippen molar-refractivity contribution in [2.45, 2.75) is 0 Å². The van der Waals surface area contributed by atoms with Gasteiger partial charge in [-0.25, -0.2) is 4.57 Å². The van der Waals surface area contributed by atoms with Gasteiger partial charge in [0.25, 0.3) is 0 Å². The third-order valence-electron chi connectivity index (χ3n) is 9.27. The van der Waals surface area contributed by atoms with E-state index in [4.69, 9.17) is 9.05 Å². The average molecular weight is 760 g/mol. The first kappa shape index (κ1) is 32.0. The topological polar surface area (TPSA) is 58.6 Å². The van der Waals surface area contributed by atoms with E-state index < -0.39 is 7.82 Å². The van der Waals surface area contributed by atoms with E-state index in [9.17, 15) is 9.46 Å². The van der Waals surface area contributed by atoms with Crippen LogP contribution in [0.1, 0.15) is 0 Å². The van der Waals surface area contributed by atoms with E-state index >= 15 is 0 Å². The zero-order chi connectivity index (χ0) is 33.0. The maximum absolute atomic E-state index is 13.9. The molecule has 8 aromatic rings. The molecule has 0 amide bonds. The van der Waals surface area contributed by atoms with Crippen molar-refractivity contribution in [1.82, 2.24) is 0 Å². The van der Waals surface area contributed by atoms with Gasteiger partial charge < -0.3 is 13.9 Å². The summed E-state index contributed by atoms with van der Waals surface area (Å²) in [6.45, 7) is 0. The van der Waals surface area contributed by atoms with Gasteiger partial charge >= 0.3 is 30.2 Å². The first-order chi connectivity index (χ1) is 24.0. The quantitative estimate of drug-likeness (QED) is 0.132. The van der Waals surface area contributed by atoms with E-state index in [1.165, 1.54) is 0 Å². The third kappa shape index (κ3) is 5.68. The van der Waals surface area contributed by atoms with Crippen molar-refractivity contribution in [3.8, 4) is 67.1 Å². The molecule has 0 saturated carbocycles. The SMILES string of the molecule is O=P1([O-])Oc2c(-c3ccc(-c4ccccc4)cc3)cc3ccccc3c2-c2c(c(-c3ccc(-c4ccccc4)cc3)cc3ccccc23)O1.[Ag+]. The molecule has 4 nitrogen and oxygen atoms in total. The second-order valence-electron chi connectivity index (χ2n) is 12.2. The molecule has 1 aliphatic heterocycles. The van der Waals surface area contributed by atoms with Gasteiger partial charge in [0.2, 0.25) is 0 Å². The molecular weight excluding hydrogens is 731 g/mol. The summed E-state index contributed by atoms with van der Waals surface area (Å²) in [5.41, 5.74) is 8.71. The predicted molar refractivity (Wildman–Crippen MR) is 197 cm³/mol. The molecule has 244 valence electrons. The van der Waals surface area contributed by atoms with Crippen LogP contribution in [0.2, 0.25) is 0 Å². The molecule has 0 atom stereocenters. The van der Waals surface area contributed by atoms with Crippen LogP contribution in [0.4, 0.5) is 0 Å². The predicted octanol–water partition coefficient (Wildman–Crippen LogP) is 11.6. The smallest absolute Gasteiger partial charge is 0.736 e. The van der Waals surface area contributed by atoms with Crippen LogP contribution in [0.3, 0.4) is 0 Å². The second kappa shape index (κ2) is 12.9. The molecule has 6 heteroatoms. The number of fused-ring (bicyclic) bond motifs is 7. The average Bonchev–Trinajstić information content (AvgIpc) is 3.28. The van der Waals surface area contributed by atoms with E-state index in [1.807, 2.05) is 121 Å². The Hall–Kier alpha value is -5.19. The Morgan fingerprint density at radius 3 is 1.12 bits per heavy atom. The van der Waals surface area contributed by atoms with Gasteiger partial charge in [0.15, 0.2) is 0 Å². The molecule has 8 aromatic carbocycles. The van der Waals surface area contributed by atoms with E-state index in [1.54, 1.807) is 0 Å². The van der Waals surface area contributed by atoms with Crippen molar-refractivity contribution >= 4 is 29.4 Å². The maximum Gasteiger partial charge on any atom is 1.00 e. The molecule has 50 heavy (non-hydrogen) atoms. The van der Waals surface area contributed by atoms with Gasteiger partial charge in [0.1, 0.15) is 11.5 Å². The Kier molecular flexibility index (Phi) is 8.28.